The third-order valence-electron chi connectivity index (χ3n) is 4.05. The fourth-order valence-electron chi connectivity index (χ4n) is 2.93. The Kier molecular flexibility index (Phi) is 5.44. The summed E-state index contributed by atoms with van der Waals surface area (Å²) in [5, 5.41) is 3.64. The SMILES string of the molecule is COc1ccccc1CC(C)NC1CCN(C(N)=O)CC1. The van der Waals surface area contributed by atoms with Gasteiger partial charge in [-0.15, -0.1) is 0 Å². The van der Waals surface area contributed by atoms with E-state index < -0.39 is 0 Å². The topological polar surface area (TPSA) is 67.6 Å². The van der Waals surface area contributed by atoms with Crippen LogP contribution in [-0.4, -0.2) is 43.2 Å². The second-order valence-corrected chi connectivity index (χ2v) is 5.68. The van der Waals surface area contributed by atoms with Crippen molar-refractivity contribution in [3.05, 3.63) is 29.8 Å². The lowest BCUT2D eigenvalue weighted by Crippen LogP contribution is -2.48. The Morgan fingerprint density at radius 2 is 2.10 bits per heavy atom. The zero-order chi connectivity index (χ0) is 15.2. The minimum absolute atomic E-state index is 0.310. The predicted molar refractivity (Wildman–Crippen MR) is 83.5 cm³/mol. The van der Waals surface area contributed by atoms with Gasteiger partial charge in [0.1, 0.15) is 5.75 Å². The molecule has 1 aromatic carbocycles. The average Bonchev–Trinajstić information content (AvgIpc) is 2.48. The zero-order valence-electron chi connectivity index (χ0n) is 12.8. The van der Waals surface area contributed by atoms with Crippen LogP contribution >= 0.6 is 0 Å². The van der Waals surface area contributed by atoms with Crippen LogP contribution in [0.15, 0.2) is 24.3 Å². The number of piperidine rings is 1. The Bertz CT molecular complexity index is 470. The van der Waals surface area contributed by atoms with Gasteiger partial charge >= 0.3 is 6.03 Å². The van der Waals surface area contributed by atoms with Gasteiger partial charge in [-0.25, -0.2) is 4.79 Å². The number of urea groups is 1. The number of benzene rings is 1. The molecule has 0 radical (unpaired) electrons. The van der Waals surface area contributed by atoms with Crippen molar-refractivity contribution < 1.29 is 9.53 Å². The van der Waals surface area contributed by atoms with Crippen molar-refractivity contribution in [3.8, 4) is 5.75 Å². The number of hydrogen-bond donors (Lipinski definition) is 2. The predicted octanol–water partition coefficient (Wildman–Crippen LogP) is 1.76. The van der Waals surface area contributed by atoms with Crippen LogP contribution in [0.2, 0.25) is 0 Å². The highest BCUT2D eigenvalue weighted by molar-refractivity contribution is 5.72. The van der Waals surface area contributed by atoms with Gasteiger partial charge in [-0.1, -0.05) is 18.2 Å². The maximum absolute atomic E-state index is 11.1. The number of nitrogens with zero attached hydrogens (tertiary/aromatic N) is 1. The van der Waals surface area contributed by atoms with E-state index in [2.05, 4.69) is 18.3 Å². The first-order valence-corrected chi connectivity index (χ1v) is 7.52. The zero-order valence-corrected chi connectivity index (χ0v) is 12.8. The first-order chi connectivity index (χ1) is 10.1. The number of carbonyl (C=O) groups excluding carboxylic acids is 1. The van der Waals surface area contributed by atoms with Gasteiger partial charge in [0.2, 0.25) is 0 Å². The van der Waals surface area contributed by atoms with Crippen LogP contribution in [0.25, 0.3) is 0 Å². The summed E-state index contributed by atoms with van der Waals surface area (Å²) < 4.78 is 5.39. The molecule has 1 aliphatic heterocycles. The first-order valence-electron chi connectivity index (χ1n) is 7.52. The Labute approximate surface area is 126 Å². The number of primary amides is 1. The Balaban J connectivity index is 1.82. The standard InChI is InChI=1S/C16H25N3O2/c1-12(11-13-5-3-4-6-15(13)21-2)18-14-7-9-19(10-8-14)16(17)20/h3-6,12,14,18H,7-11H2,1-2H3,(H2,17,20). The van der Waals surface area contributed by atoms with Crippen LogP contribution in [0.1, 0.15) is 25.3 Å². The molecule has 0 saturated carbocycles. The van der Waals surface area contributed by atoms with Crippen LogP contribution < -0.4 is 15.8 Å². The van der Waals surface area contributed by atoms with Crippen LogP contribution in [0, 0.1) is 0 Å². The Morgan fingerprint density at radius 3 is 2.71 bits per heavy atom. The molecule has 1 aliphatic rings. The molecular formula is C16H25N3O2. The van der Waals surface area contributed by atoms with Gasteiger partial charge in [0.15, 0.2) is 0 Å². The molecule has 0 bridgehead atoms. The molecule has 1 fully saturated rings. The molecule has 1 aromatic rings. The summed E-state index contributed by atoms with van der Waals surface area (Å²) in [4.78, 5) is 12.8. The smallest absolute Gasteiger partial charge is 0.314 e. The summed E-state index contributed by atoms with van der Waals surface area (Å²) in [6, 6.07) is 8.63. The van der Waals surface area contributed by atoms with E-state index in [1.165, 1.54) is 5.56 Å². The van der Waals surface area contributed by atoms with Crippen molar-refractivity contribution in [2.24, 2.45) is 5.73 Å². The number of nitrogens with two attached hydrogens (primary N) is 1. The van der Waals surface area contributed by atoms with Crippen LogP contribution in [0.3, 0.4) is 0 Å². The Hall–Kier alpha value is -1.75. The first kappa shape index (κ1) is 15.6. The average molecular weight is 291 g/mol. The quantitative estimate of drug-likeness (QED) is 0.868. The van der Waals surface area contributed by atoms with E-state index in [1.54, 1.807) is 12.0 Å². The number of rotatable bonds is 5. The van der Waals surface area contributed by atoms with Gasteiger partial charge < -0.3 is 20.7 Å². The highest BCUT2D eigenvalue weighted by Gasteiger charge is 2.22. The third kappa shape index (κ3) is 4.36. The van der Waals surface area contributed by atoms with E-state index in [-0.39, 0.29) is 6.03 Å². The van der Waals surface area contributed by atoms with Crippen LogP contribution in [0.4, 0.5) is 4.79 Å². The molecule has 0 aliphatic carbocycles. The summed E-state index contributed by atoms with van der Waals surface area (Å²) in [5.74, 6) is 0.940. The molecule has 1 atom stereocenters. The lowest BCUT2D eigenvalue weighted by atomic mass is 10.0. The van der Waals surface area contributed by atoms with Crippen molar-refractivity contribution in [1.82, 2.24) is 10.2 Å². The molecule has 0 aromatic heterocycles. The number of para-hydroxylation sites is 1. The van der Waals surface area contributed by atoms with Gasteiger partial charge in [-0.05, 0) is 37.8 Å². The maximum Gasteiger partial charge on any atom is 0.314 e. The van der Waals surface area contributed by atoms with Crippen LogP contribution in [-0.2, 0) is 6.42 Å². The third-order valence-corrected chi connectivity index (χ3v) is 4.05. The monoisotopic (exact) mass is 291 g/mol. The molecule has 3 N–H and O–H groups in total. The molecule has 116 valence electrons. The number of nitrogens with one attached hydrogen (secondary N) is 1. The van der Waals surface area contributed by atoms with Crippen molar-refractivity contribution in [3.63, 3.8) is 0 Å². The highest BCUT2D eigenvalue weighted by Crippen LogP contribution is 2.19. The van der Waals surface area contributed by atoms with E-state index in [4.69, 9.17) is 10.5 Å². The number of likely N-dealkylation sites (tertiary alicyclic amines) is 1. The number of hydrogen-bond acceptors (Lipinski definition) is 3. The van der Waals surface area contributed by atoms with Gasteiger partial charge in [-0.2, -0.15) is 0 Å². The highest BCUT2D eigenvalue weighted by atomic mass is 16.5. The summed E-state index contributed by atoms with van der Waals surface area (Å²) >= 11 is 0. The lowest BCUT2D eigenvalue weighted by Gasteiger charge is -2.33. The van der Waals surface area contributed by atoms with Crippen molar-refractivity contribution in [1.29, 1.82) is 0 Å². The van der Waals surface area contributed by atoms with E-state index in [9.17, 15) is 4.79 Å². The largest absolute Gasteiger partial charge is 0.496 e. The van der Waals surface area contributed by atoms with Crippen molar-refractivity contribution >= 4 is 6.03 Å². The Morgan fingerprint density at radius 1 is 1.43 bits per heavy atom. The molecule has 5 nitrogen and oxygen atoms in total. The fourth-order valence-corrected chi connectivity index (χ4v) is 2.93. The molecule has 1 saturated heterocycles. The molecule has 2 rings (SSSR count). The molecule has 0 spiro atoms. The number of methoxy groups -OCH3 is 1. The summed E-state index contributed by atoms with van der Waals surface area (Å²) in [6.07, 6.45) is 2.85. The summed E-state index contributed by atoms with van der Waals surface area (Å²) in [7, 11) is 1.70. The molecule has 1 unspecified atom stereocenters. The van der Waals surface area contributed by atoms with Crippen LogP contribution in [0.5, 0.6) is 5.75 Å². The second-order valence-electron chi connectivity index (χ2n) is 5.68. The maximum atomic E-state index is 11.1. The normalized spacial score (nSPS) is 17.5. The van der Waals surface area contributed by atoms with Gasteiger partial charge in [0.25, 0.3) is 0 Å². The number of ether oxygens (including phenoxy) is 1. The lowest BCUT2D eigenvalue weighted by molar-refractivity contribution is 0.183. The van der Waals surface area contributed by atoms with Crippen molar-refractivity contribution in [2.45, 2.75) is 38.3 Å². The van der Waals surface area contributed by atoms with E-state index in [0.717, 1.165) is 38.1 Å². The van der Waals surface area contributed by atoms with E-state index in [1.807, 2.05) is 18.2 Å². The molecular weight excluding hydrogens is 266 g/mol. The van der Waals surface area contributed by atoms with Gasteiger partial charge in [0, 0.05) is 25.2 Å². The molecule has 5 heteroatoms. The van der Waals surface area contributed by atoms with Gasteiger partial charge in [0.05, 0.1) is 7.11 Å². The van der Waals surface area contributed by atoms with E-state index >= 15 is 0 Å². The van der Waals surface area contributed by atoms with Crippen molar-refractivity contribution in [2.75, 3.05) is 20.2 Å². The summed E-state index contributed by atoms with van der Waals surface area (Å²) in [6.45, 7) is 3.68. The molecule has 1 heterocycles. The number of amides is 2. The fraction of sp³-hybridized carbons (Fsp3) is 0.562. The molecule has 21 heavy (non-hydrogen) atoms. The summed E-state index contributed by atoms with van der Waals surface area (Å²) in [5.41, 5.74) is 6.52. The second kappa shape index (κ2) is 7.31. The van der Waals surface area contributed by atoms with E-state index in [0.29, 0.717) is 12.1 Å². The van der Waals surface area contributed by atoms with Gasteiger partial charge in [-0.3, -0.25) is 0 Å². The molecule has 2 amide bonds. The number of carbonyl (C=O) groups is 1. The minimum Gasteiger partial charge on any atom is -0.496 e. The minimum atomic E-state index is -0.310.